The fourth-order valence-corrected chi connectivity index (χ4v) is 3.04. The quantitative estimate of drug-likeness (QED) is 0.118. The predicted octanol–water partition coefficient (Wildman–Crippen LogP) is 2.16. The van der Waals surface area contributed by atoms with Crippen LogP contribution in [0.2, 0.25) is 0 Å². The molecule has 0 saturated carbocycles. The van der Waals surface area contributed by atoms with Crippen LogP contribution < -0.4 is 10.1 Å². The van der Waals surface area contributed by atoms with Gasteiger partial charge < -0.3 is 59.0 Å². The number of ether oxygens (including phenoxy) is 1. The Kier molecular flexibility index (Phi) is 21.6. The van der Waals surface area contributed by atoms with Crippen LogP contribution in [0.1, 0.15) is 46.0 Å². The minimum atomic E-state index is -4.64. The Hall–Kier alpha value is -1.48. The van der Waals surface area contributed by atoms with Gasteiger partial charge in [-0.15, -0.1) is 0 Å². The summed E-state index contributed by atoms with van der Waals surface area (Å²) in [5, 5.41) is 4.67. The molecule has 0 bridgehead atoms. The van der Waals surface area contributed by atoms with Crippen molar-refractivity contribution in [2.75, 3.05) is 38.6 Å². The molecule has 0 unspecified atom stereocenters. The van der Waals surface area contributed by atoms with E-state index in [2.05, 4.69) is 35.1 Å². The highest BCUT2D eigenvalue weighted by Crippen LogP contribution is 2.28. The van der Waals surface area contributed by atoms with Crippen LogP contribution >= 0.6 is 23.5 Å². The lowest BCUT2D eigenvalue weighted by Crippen LogP contribution is -2.28. The summed E-state index contributed by atoms with van der Waals surface area (Å²) < 4.78 is 32.1. The van der Waals surface area contributed by atoms with Gasteiger partial charge in [-0.1, -0.05) is 32.8 Å². The average Bonchev–Trinajstić information content (AvgIpc) is 2.79. The Morgan fingerprint density at radius 1 is 0.800 bits per heavy atom. The molecule has 2 rings (SSSR count). The second kappa shape index (κ2) is 21.3. The smallest absolute Gasteiger partial charge is 0.466 e. The molecule has 0 saturated heterocycles. The first-order valence-corrected chi connectivity index (χ1v) is 16.7. The SMILES string of the molecule is CCCCN(CCCC)CCCNc1cc(OC)cc2cccnc12.O=P(O)(O)O.O=P(O)(O)O.O=P(O)(O)O. The molecule has 2 aromatic rings. The summed E-state index contributed by atoms with van der Waals surface area (Å²) in [6, 6.07) is 8.12. The van der Waals surface area contributed by atoms with Crippen molar-refractivity contribution in [3.63, 3.8) is 0 Å². The minimum absolute atomic E-state index is 0.871. The van der Waals surface area contributed by atoms with Gasteiger partial charge in [0.15, 0.2) is 0 Å². The van der Waals surface area contributed by atoms with E-state index in [1.54, 1.807) is 7.11 Å². The zero-order valence-corrected chi connectivity index (χ0v) is 25.3. The molecule has 0 atom stereocenters. The summed E-state index contributed by atoms with van der Waals surface area (Å²) in [6.07, 6.45) is 8.10. The Morgan fingerprint density at radius 3 is 1.68 bits per heavy atom. The topological polar surface area (TPSA) is 271 Å². The molecule has 0 radical (unpaired) electrons. The number of aromatic nitrogens is 1. The van der Waals surface area contributed by atoms with Gasteiger partial charge in [-0.2, -0.15) is 0 Å². The maximum absolute atomic E-state index is 8.88. The summed E-state index contributed by atoms with van der Waals surface area (Å²) in [7, 11) is -12.2. The number of unbranched alkanes of at least 4 members (excludes halogenated alkanes) is 2. The number of nitrogens with zero attached hydrogens (tertiary/aromatic N) is 2. The predicted molar refractivity (Wildman–Crippen MR) is 150 cm³/mol. The van der Waals surface area contributed by atoms with Gasteiger partial charge in [0.2, 0.25) is 0 Å². The Labute approximate surface area is 233 Å². The van der Waals surface area contributed by atoms with Crippen LogP contribution in [0.25, 0.3) is 10.9 Å². The lowest BCUT2D eigenvalue weighted by molar-refractivity contribution is 0.264. The molecule has 1 aromatic heterocycles. The summed E-state index contributed by atoms with van der Waals surface area (Å²) >= 11 is 0. The number of hydrogen-bond acceptors (Lipinski definition) is 7. The average molecular weight is 637 g/mol. The van der Waals surface area contributed by atoms with Crippen molar-refractivity contribution in [3.8, 4) is 5.75 Å². The molecule has 0 aliphatic rings. The van der Waals surface area contributed by atoms with Crippen molar-refractivity contribution in [2.45, 2.75) is 46.0 Å². The first kappa shape index (κ1) is 40.7. The molecule has 19 heteroatoms. The second-order valence-corrected chi connectivity index (χ2v) is 11.2. The van der Waals surface area contributed by atoms with Crippen LogP contribution in [0.3, 0.4) is 0 Å². The summed E-state index contributed by atoms with van der Waals surface area (Å²) in [6.45, 7) is 9.08. The largest absolute Gasteiger partial charge is 0.497 e. The lowest BCUT2D eigenvalue weighted by Gasteiger charge is -2.22. The van der Waals surface area contributed by atoms with Gasteiger partial charge in [0.25, 0.3) is 0 Å². The Morgan fingerprint density at radius 2 is 1.25 bits per heavy atom. The van der Waals surface area contributed by atoms with E-state index in [0.29, 0.717) is 0 Å². The van der Waals surface area contributed by atoms with E-state index >= 15 is 0 Å². The first-order valence-electron chi connectivity index (χ1n) is 12.0. The standard InChI is InChI=1S/C21H33N3O.3H3O4P/c1-4-6-13-24(14-7-5-2)15-9-12-22-20-17-19(25-3)16-18-10-8-11-23-21(18)20;3*1-5(2,3)4/h8,10-11,16-17,22H,4-7,9,12-15H2,1-3H3;3*(H3,1,2,3,4). The molecule has 0 amide bonds. The van der Waals surface area contributed by atoms with Crippen LogP contribution in [0, 0.1) is 0 Å². The molecule has 0 spiro atoms. The van der Waals surface area contributed by atoms with Gasteiger partial charge in [0.1, 0.15) is 5.75 Å². The number of phosphoric acid groups is 3. The number of pyridine rings is 1. The van der Waals surface area contributed by atoms with Gasteiger partial charge >= 0.3 is 23.5 Å². The van der Waals surface area contributed by atoms with E-state index in [9.17, 15) is 0 Å². The second-order valence-electron chi connectivity index (χ2n) is 8.12. The van der Waals surface area contributed by atoms with Gasteiger partial charge in [-0.05, 0) is 51.0 Å². The molecule has 234 valence electrons. The molecule has 1 heterocycles. The minimum Gasteiger partial charge on any atom is -0.497 e. The molecule has 40 heavy (non-hydrogen) atoms. The molecule has 0 aliphatic heterocycles. The van der Waals surface area contributed by atoms with Gasteiger partial charge in [-0.25, -0.2) is 13.7 Å². The van der Waals surface area contributed by atoms with Crippen molar-refractivity contribution in [1.29, 1.82) is 0 Å². The fraction of sp³-hybridized carbons (Fsp3) is 0.571. The first-order chi connectivity index (χ1) is 18.3. The van der Waals surface area contributed by atoms with Crippen molar-refractivity contribution in [3.05, 3.63) is 30.5 Å². The molecular weight excluding hydrogens is 595 g/mol. The number of anilines is 1. The number of benzene rings is 1. The summed E-state index contributed by atoms with van der Waals surface area (Å²) in [5.41, 5.74) is 2.07. The molecule has 10 N–H and O–H groups in total. The summed E-state index contributed by atoms with van der Waals surface area (Å²) in [5.74, 6) is 0.871. The number of fused-ring (bicyclic) bond motifs is 1. The van der Waals surface area contributed by atoms with E-state index in [1.165, 1.54) is 38.8 Å². The van der Waals surface area contributed by atoms with Crippen LogP contribution in [0.5, 0.6) is 5.75 Å². The highest BCUT2D eigenvalue weighted by molar-refractivity contribution is 7.45. The molecule has 16 nitrogen and oxygen atoms in total. The normalized spacial score (nSPS) is 11.4. The van der Waals surface area contributed by atoms with Gasteiger partial charge in [0.05, 0.1) is 18.3 Å². The third-order valence-corrected chi connectivity index (χ3v) is 4.54. The van der Waals surface area contributed by atoms with Gasteiger partial charge in [0, 0.05) is 24.2 Å². The van der Waals surface area contributed by atoms with E-state index < -0.39 is 23.5 Å². The lowest BCUT2D eigenvalue weighted by atomic mass is 10.1. The molecule has 1 aromatic carbocycles. The van der Waals surface area contributed by atoms with Crippen LogP contribution in [0.4, 0.5) is 5.69 Å². The third-order valence-electron chi connectivity index (χ3n) is 4.54. The highest BCUT2D eigenvalue weighted by Gasteiger charge is 2.07. The number of hydrogen-bond donors (Lipinski definition) is 10. The fourth-order valence-electron chi connectivity index (χ4n) is 3.04. The van der Waals surface area contributed by atoms with Crippen molar-refractivity contribution >= 4 is 40.1 Å². The zero-order chi connectivity index (χ0) is 31.4. The summed E-state index contributed by atoms with van der Waals surface area (Å²) in [4.78, 5) is 71.8. The number of nitrogens with one attached hydrogen (secondary N) is 1. The van der Waals surface area contributed by atoms with Crippen LogP contribution in [-0.4, -0.2) is 87.2 Å². The van der Waals surface area contributed by atoms with Crippen molar-refractivity contribution in [2.24, 2.45) is 0 Å². The monoisotopic (exact) mass is 637 g/mol. The van der Waals surface area contributed by atoms with E-state index in [0.717, 1.165) is 41.9 Å². The van der Waals surface area contributed by atoms with Crippen molar-refractivity contribution < 1.29 is 62.5 Å². The third kappa shape index (κ3) is 31.1. The van der Waals surface area contributed by atoms with Crippen molar-refractivity contribution in [1.82, 2.24) is 9.88 Å². The molecular formula is C21H42N3O13P3. The number of methoxy groups -OCH3 is 1. The molecule has 0 aliphatic carbocycles. The zero-order valence-electron chi connectivity index (χ0n) is 22.6. The highest BCUT2D eigenvalue weighted by atomic mass is 31.2. The Balaban J connectivity index is 0. The maximum Gasteiger partial charge on any atom is 0.466 e. The van der Waals surface area contributed by atoms with Gasteiger partial charge in [-0.3, -0.25) is 4.98 Å². The van der Waals surface area contributed by atoms with Crippen LogP contribution in [0.15, 0.2) is 30.5 Å². The maximum atomic E-state index is 8.88. The van der Waals surface area contributed by atoms with E-state index in [-0.39, 0.29) is 0 Å². The van der Waals surface area contributed by atoms with E-state index in [1.807, 2.05) is 24.4 Å². The van der Waals surface area contributed by atoms with E-state index in [4.69, 9.17) is 62.5 Å². The number of rotatable bonds is 12. The van der Waals surface area contributed by atoms with Crippen LogP contribution in [-0.2, 0) is 13.7 Å². The Bertz CT molecular complexity index is 1010. The molecule has 0 fully saturated rings.